The molecular weight excluding hydrogens is 304 g/mol. The highest BCUT2D eigenvalue weighted by Crippen LogP contribution is 2.32. The van der Waals surface area contributed by atoms with Gasteiger partial charge in [0.25, 0.3) is 5.91 Å². The molecule has 0 radical (unpaired) electrons. The standard InChI is InChI=1S/C16H15ClN2O3/c1-21-16-12(8-10(17)9-18-16)15(20)19-13-6-7-22-14-5-3-2-4-11(13)14/h2-5,8-9,13H,6-7H2,1H3,(H,19,20). The van der Waals surface area contributed by atoms with Crippen molar-refractivity contribution in [1.29, 1.82) is 0 Å². The highest BCUT2D eigenvalue weighted by atomic mass is 35.5. The number of carbonyl (C=O) groups excluding carboxylic acids is 1. The molecule has 0 aliphatic carbocycles. The van der Waals surface area contributed by atoms with E-state index in [9.17, 15) is 4.79 Å². The zero-order valence-electron chi connectivity index (χ0n) is 12.0. The van der Waals surface area contributed by atoms with E-state index in [4.69, 9.17) is 21.1 Å². The number of halogens is 1. The fourth-order valence-electron chi connectivity index (χ4n) is 2.48. The number of carbonyl (C=O) groups is 1. The number of hydrogen-bond donors (Lipinski definition) is 1. The largest absolute Gasteiger partial charge is 0.493 e. The molecule has 0 saturated heterocycles. The molecule has 1 N–H and O–H groups in total. The molecule has 2 aromatic rings. The summed E-state index contributed by atoms with van der Waals surface area (Å²) >= 11 is 5.92. The minimum absolute atomic E-state index is 0.110. The summed E-state index contributed by atoms with van der Waals surface area (Å²) < 4.78 is 10.7. The maximum atomic E-state index is 12.5. The quantitative estimate of drug-likeness (QED) is 0.945. The summed E-state index contributed by atoms with van der Waals surface area (Å²) in [6.45, 7) is 0.562. The Morgan fingerprint density at radius 1 is 1.45 bits per heavy atom. The number of pyridine rings is 1. The number of nitrogens with one attached hydrogen (secondary N) is 1. The third-order valence-electron chi connectivity index (χ3n) is 3.52. The zero-order chi connectivity index (χ0) is 15.5. The Morgan fingerprint density at radius 2 is 2.27 bits per heavy atom. The Morgan fingerprint density at radius 3 is 3.09 bits per heavy atom. The third-order valence-corrected chi connectivity index (χ3v) is 3.73. The monoisotopic (exact) mass is 318 g/mol. The smallest absolute Gasteiger partial charge is 0.257 e. The molecule has 3 rings (SSSR count). The number of benzene rings is 1. The Labute approximate surface area is 133 Å². The van der Waals surface area contributed by atoms with Crippen LogP contribution >= 0.6 is 11.6 Å². The normalized spacial score (nSPS) is 16.4. The van der Waals surface area contributed by atoms with Crippen molar-refractivity contribution in [1.82, 2.24) is 10.3 Å². The number of hydrogen-bond acceptors (Lipinski definition) is 4. The molecule has 1 aliphatic heterocycles. The third kappa shape index (κ3) is 2.85. The molecule has 0 saturated carbocycles. The van der Waals surface area contributed by atoms with Crippen molar-refractivity contribution < 1.29 is 14.3 Å². The molecule has 6 heteroatoms. The summed E-state index contributed by atoms with van der Waals surface area (Å²) in [6.07, 6.45) is 2.15. The number of ether oxygens (including phenoxy) is 2. The Balaban J connectivity index is 1.85. The lowest BCUT2D eigenvalue weighted by molar-refractivity contribution is 0.0921. The van der Waals surface area contributed by atoms with Crippen molar-refractivity contribution in [2.75, 3.05) is 13.7 Å². The minimum Gasteiger partial charge on any atom is -0.493 e. The molecule has 114 valence electrons. The predicted molar refractivity (Wildman–Crippen MR) is 82.6 cm³/mol. The van der Waals surface area contributed by atoms with Crippen LogP contribution in [0.3, 0.4) is 0 Å². The summed E-state index contributed by atoms with van der Waals surface area (Å²) in [5.74, 6) is 0.783. The van der Waals surface area contributed by atoms with E-state index in [-0.39, 0.29) is 17.8 Å². The minimum atomic E-state index is -0.270. The van der Waals surface area contributed by atoms with Crippen molar-refractivity contribution in [2.45, 2.75) is 12.5 Å². The molecule has 1 amide bonds. The van der Waals surface area contributed by atoms with Gasteiger partial charge in [-0.1, -0.05) is 29.8 Å². The first kappa shape index (κ1) is 14.7. The van der Waals surface area contributed by atoms with Crippen LogP contribution in [0.2, 0.25) is 5.02 Å². The maximum absolute atomic E-state index is 12.5. The predicted octanol–water partition coefficient (Wildman–Crippen LogP) is 3.00. The Bertz CT molecular complexity index is 706. The van der Waals surface area contributed by atoms with E-state index in [0.717, 1.165) is 11.3 Å². The van der Waals surface area contributed by atoms with Gasteiger partial charge in [0.05, 0.1) is 24.8 Å². The first-order valence-electron chi connectivity index (χ1n) is 6.91. The van der Waals surface area contributed by atoms with Crippen LogP contribution in [0.5, 0.6) is 11.6 Å². The van der Waals surface area contributed by atoms with Crippen molar-refractivity contribution >= 4 is 17.5 Å². The number of nitrogens with zero attached hydrogens (tertiary/aromatic N) is 1. The van der Waals surface area contributed by atoms with Gasteiger partial charge in [-0.15, -0.1) is 0 Å². The molecule has 0 spiro atoms. The van der Waals surface area contributed by atoms with Gasteiger partial charge in [0.2, 0.25) is 5.88 Å². The maximum Gasteiger partial charge on any atom is 0.257 e. The number of rotatable bonds is 3. The van der Waals surface area contributed by atoms with Crippen molar-refractivity contribution in [3.8, 4) is 11.6 Å². The lowest BCUT2D eigenvalue weighted by atomic mass is 10.0. The molecule has 1 aliphatic rings. The van der Waals surface area contributed by atoms with Crippen LogP contribution < -0.4 is 14.8 Å². The second kappa shape index (κ2) is 6.23. The van der Waals surface area contributed by atoms with Crippen LogP contribution in [0.15, 0.2) is 36.5 Å². The van der Waals surface area contributed by atoms with Crippen LogP contribution in [0.4, 0.5) is 0 Å². The number of fused-ring (bicyclic) bond motifs is 1. The van der Waals surface area contributed by atoms with E-state index in [1.165, 1.54) is 13.3 Å². The molecule has 2 heterocycles. The number of para-hydroxylation sites is 1. The van der Waals surface area contributed by atoms with Gasteiger partial charge >= 0.3 is 0 Å². The second-order valence-electron chi connectivity index (χ2n) is 4.91. The van der Waals surface area contributed by atoms with Crippen molar-refractivity contribution in [3.05, 3.63) is 52.7 Å². The van der Waals surface area contributed by atoms with Crippen LogP contribution in [0.1, 0.15) is 28.4 Å². The highest BCUT2D eigenvalue weighted by molar-refractivity contribution is 6.30. The second-order valence-corrected chi connectivity index (χ2v) is 5.35. The summed E-state index contributed by atoms with van der Waals surface area (Å²) in [6, 6.07) is 9.12. The van der Waals surface area contributed by atoms with Crippen LogP contribution in [0.25, 0.3) is 0 Å². The van der Waals surface area contributed by atoms with E-state index in [0.29, 0.717) is 23.6 Å². The number of aromatic nitrogens is 1. The average molecular weight is 319 g/mol. The molecule has 0 fully saturated rings. The van der Waals surface area contributed by atoms with E-state index in [1.807, 2.05) is 24.3 Å². The lowest BCUT2D eigenvalue weighted by Crippen LogP contribution is -2.32. The number of amides is 1. The SMILES string of the molecule is COc1ncc(Cl)cc1C(=O)NC1CCOc2ccccc21. The molecule has 22 heavy (non-hydrogen) atoms. The Kier molecular flexibility index (Phi) is 4.15. The lowest BCUT2D eigenvalue weighted by Gasteiger charge is -2.26. The molecular formula is C16H15ClN2O3. The highest BCUT2D eigenvalue weighted by Gasteiger charge is 2.24. The fraction of sp³-hybridized carbons (Fsp3) is 0.250. The van der Waals surface area contributed by atoms with Gasteiger partial charge in [0.15, 0.2) is 0 Å². The molecule has 1 atom stereocenters. The number of methoxy groups -OCH3 is 1. The zero-order valence-corrected chi connectivity index (χ0v) is 12.8. The topological polar surface area (TPSA) is 60.5 Å². The van der Waals surface area contributed by atoms with Crippen molar-refractivity contribution in [2.24, 2.45) is 0 Å². The molecule has 0 bridgehead atoms. The van der Waals surface area contributed by atoms with Gasteiger partial charge in [0, 0.05) is 18.2 Å². The van der Waals surface area contributed by atoms with Crippen LogP contribution in [0, 0.1) is 0 Å². The van der Waals surface area contributed by atoms with E-state index < -0.39 is 0 Å². The van der Waals surface area contributed by atoms with Gasteiger partial charge in [-0.3, -0.25) is 4.79 Å². The average Bonchev–Trinajstić information content (AvgIpc) is 2.55. The summed E-state index contributed by atoms with van der Waals surface area (Å²) in [5, 5.41) is 3.38. The van der Waals surface area contributed by atoms with Crippen LogP contribution in [-0.2, 0) is 0 Å². The first-order valence-corrected chi connectivity index (χ1v) is 7.29. The van der Waals surface area contributed by atoms with E-state index >= 15 is 0 Å². The summed E-state index contributed by atoms with van der Waals surface area (Å²) in [4.78, 5) is 16.5. The van der Waals surface area contributed by atoms with Gasteiger partial charge in [0.1, 0.15) is 11.3 Å². The fourth-order valence-corrected chi connectivity index (χ4v) is 2.64. The van der Waals surface area contributed by atoms with Gasteiger partial charge in [-0.05, 0) is 12.1 Å². The Hall–Kier alpha value is -2.27. The summed E-state index contributed by atoms with van der Waals surface area (Å²) in [5.41, 5.74) is 1.29. The molecule has 1 aromatic carbocycles. The molecule has 1 aromatic heterocycles. The van der Waals surface area contributed by atoms with Crippen LogP contribution in [-0.4, -0.2) is 24.6 Å². The van der Waals surface area contributed by atoms with E-state index in [1.54, 1.807) is 6.07 Å². The van der Waals surface area contributed by atoms with Crippen molar-refractivity contribution in [3.63, 3.8) is 0 Å². The van der Waals surface area contributed by atoms with Gasteiger partial charge in [-0.25, -0.2) is 4.98 Å². The van der Waals surface area contributed by atoms with Gasteiger partial charge < -0.3 is 14.8 Å². The first-order chi connectivity index (χ1) is 10.7. The van der Waals surface area contributed by atoms with E-state index in [2.05, 4.69) is 10.3 Å². The van der Waals surface area contributed by atoms with Gasteiger partial charge in [-0.2, -0.15) is 0 Å². The summed E-state index contributed by atoms with van der Waals surface area (Å²) in [7, 11) is 1.47. The molecule has 1 unspecified atom stereocenters. The molecule has 5 nitrogen and oxygen atoms in total.